The summed E-state index contributed by atoms with van der Waals surface area (Å²) in [6.07, 6.45) is 5.71. The number of nitrogens with zero attached hydrogens (tertiary/aromatic N) is 3. The van der Waals surface area contributed by atoms with Crippen molar-refractivity contribution in [3.05, 3.63) is 17.1 Å². The predicted octanol–water partition coefficient (Wildman–Crippen LogP) is 0.798. The van der Waals surface area contributed by atoms with E-state index in [1.54, 1.807) is 16.4 Å². The Kier molecular flexibility index (Phi) is 5.60. The van der Waals surface area contributed by atoms with Gasteiger partial charge in [-0.05, 0) is 36.9 Å². The van der Waals surface area contributed by atoms with E-state index in [4.69, 9.17) is 4.74 Å². The quantitative estimate of drug-likeness (QED) is 0.716. The molecular formula is C18H27N5O3S. The Morgan fingerprint density at radius 3 is 3.04 bits per heavy atom. The summed E-state index contributed by atoms with van der Waals surface area (Å²) in [5.74, 6) is -0.0121. The lowest BCUT2D eigenvalue weighted by atomic mass is 9.74. The first-order valence-corrected chi connectivity index (χ1v) is 10.5. The van der Waals surface area contributed by atoms with E-state index in [1.807, 2.05) is 6.20 Å². The summed E-state index contributed by atoms with van der Waals surface area (Å²) >= 11 is 1.54. The molecule has 3 fully saturated rings. The number of nitrogens with one attached hydrogen (secondary N) is 2. The lowest BCUT2D eigenvalue weighted by molar-refractivity contribution is -0.154. The van der Waals surface area contributed by atoms with Gasteiger partial charge in [0.1, 0.15) is 0 Å². The van der Waals surface area contributed by atoms with Crippen LogP contribution >= 0.6 is 11.5 Å². The molecule has 3 amide bonds. The number of amides is 3. The van der Waals surface area contributed by atoms with Gasteiger partial charge < -0.3 is 20.3 Å². The number of aromatic nitrogens is 1. The van der Waals surface area contributed by atoms with E-state index < -0.39 is 0 Å². The van der Waals surface area contributed by atoms with Crippen molar-refractivity contribution in [2.24, 2.45) is 0 Å². The first kappa shape index (κ1) is 18.6. The maximum atomic E-state index is 12.3. The smallest absolute Gasteiger partial charge is 0.317 e. The summed E-state index contributed by atoms with van der Waals surface area (Å²) in [5, 5.41) is 5.68. The maximum absolute atomic E-state index is 12.3. The molecule has 3 heterocycles. The Morgan fingerprint density at radius 2 is 2.37 bits per heavy atom. The lowest BCUT2D eigenvalue weighted by Gasteiger charge is -2.54. The molecule has 1 saturated carbocycles. The number of morpholine rings is 1. The Morgan fingerprint density at radius 1 is 1.48 bits per heavy atom. The number of carbonyl (C=O) groups excluding carboxylic acids is 2. The third-order valence-electron chi connectivity index (χ3n) is 5.87. The molecule has 1 aliphatic carbocycles. The maximum Gasteiger partial charge on any atom is 0.317 e. The van der Waals surface area contributed by atoms with Crippen molar-refractivity contribution in [2.45, 2.75) is 43.9 Å². The number of ether oxygens (including phenoxy) is 1. The molecule has 0 bridgehead atoms. The average molecular weight is 394 g/mol. The molecule has 1 aromatic heterocycles. The van der Waals surface area contributed by atoms with Crippen LogP contribution < -0.4 is 10.6 Å². The van der Waals surface area contributed by atoms with Gasteiger partial charge in [-0.3, -0.25) is 9.69 Å². The minimum Gasteiger partial charge on any atom is -0.374 e. The number of rotatable bonds is 7. The van der Waals surface area contributed by atoms with Crippen LogP contribution in [0.5, 0.6) is 0 Å². The van der Waals surface area contributed by atoms with Gasteiger partial charge in [0.25, 0.3) is 0 Å². The molecule has 4 rings (SSSR count). The molecule has 3 aliphatic rings. The van der Waals surface area contributed by atoms with Crippen LogP contribution in [0.3, 0.4) is 0 Å². The zero-order valence-corrected chi connectivity index (χ0v) is 16.3. The van der Waals surface area contributed by atoms with Gasteiger partial charge in [-0.25, -0.2) is 9.17 Å². The summed E-state index contributed by atoms with van der Waals surface area (Å²) in [7, 11) is 0. The molecule has 1 spiro atoms. The van der Waals surface area contributed by atoms with Crippen LogP contribution in [0, 0.1) is 0 Å². The highest BCUT2D eigenvalue weighted by atomic mass is 32.1. The third kappa shape index (κ3) is 4.25. The van der Waals surface area contributed by atoms with Crippen molar-refractivity contribution >= 4 is 23.5 Å². The first-order chi connectivity index (χ1) is 13.1. The zero-order valence-electron chi connectivity index (χ0n) is 15.5. The van der Waals surface area contributed by atoms with Gasteiger partial charge in [0.15, 0.2) is 0 Å². The van der Waals surface area contributed by atoms with Crippen LogP contribution in [0.25, 0.3) is 0 Å². The van der Waals surface area contributed by atoms with E-state index in [0.717, 1.165) is 13.1 Å². The molecule has 0 aromatic carbocycles. The second-order valence-electron chi connectivity index (χ2n) is 7.64. The van der Waals surface area contributed by atoms with Crippen molar-refractivity contribution in [3.63, 3.8) is 0 Å². The summed E-state index contributed by atoms with van der Waals surface area (Å²) in [5.41, 5.74) is 0.153. The van der Waals surface area contributed by atoms with Crippen molar-refractivity contribution in [1.82, 2.24) is 24.8 Å². The molecule has 9 heteroatoms. The highest BCUT2D eigenvalue weighted by Gasteiger charge is 2.47. The Hall–Kier alpha value is -1.71. The summed E-state index contributed by atoms with van der Waals surface area (Å²) in [6.45, 7) is 4.78. The van der Waals surface area contributed by atoms with Gasteiger partial charge >= 0.3 is 6.03 Å². The molecule has 2 saturated heterocycles. The van der Waals surface area contributed by atoms with Gasteiger partial charge in [0, 0.05) is 55.9 Å². The number of hydrogen-bond donors (Lipinski definition) is 2. The van der Waals surface area contributed by atoms with Gasteiger partial charge in [0.2, 0.25) is 5.91 Å². The number of urea groups is 1. The molecule has 0 radical (unpaired) electrons. The highest BCUT2D eigenvalue weighted by molar-refractivity contribution is 7.05. The van der Waals surface area contributed by atoms with Gasteiger partial charge in [0.05, 0.1) is 19.1 Å². The number of hydrogen-bond acceptors (Lipinski definition) is 6. The normalized spacial score (nSPS) is 24.7. The van der Waals surface area contributed by atoms with E-state index in [2.05, 4.69) is 26.0 Å². The minimum absolute atomic E-state index is 0.0121. The summed E-state index contributed by atoms with van der Waals surface area (Å²) in [4.78, 5) is 29.3. The van der Waals surface area contributed by atoms with E-state index in [0.29, 0.717) is 39.2 Å². The molecule has 27 heavy (non-hydrogen) atoms. The van der Waals surface area contributed by atoms with E-state index in [1.165, 1.54) is 24.1 Å². The molecule has 1 unspecified atom stereocenters. The highest BCUT2D eigenvalue weighted by Crippen LogP contribution is 2.42. The first-order valence-electron chi connectivity index (χ1n) is 9.70. The topological polar surface area (TPSA) is 86.8 Å². The molecule has 148 valence electrons. The van der Waals surface area contributed by atoms with E-state index in [-0.39, 0.29) is 23.6 Å². The standard InChI is InChI=1S/C18H27N5O3S/c24-16(19-6-8-22-9-7-20-17(22)25)10-14-11-23(12-15-2-5-21-27-15)18(13-26-14)3-1-4-18/h2,5,14H,1,3-4,6-13H2,(H,19,24)(H,20,25). The van der Waals surface area contributed by atoms with Crippen molar-refractivity contribution < 1.29 is 14.3 Å². The van der Waals surface area contributed by atoms with Crippen molar-refractivity contribution in [1.29, 1.82) is 0 Å². The fraction of sp³-hybridized carbons (Fsp3) is 0.722. The second-order valence-corrected chi connectivity index (χ2v) is 8.56. The SMILES string of the molecule is O=C(CC1CN(Cc2ccns2)C2(CCC2)CO1)NCCN1CCNC1=O. The Labute approximate surface area is 163 Å². The Bertz CT molecular complexity index is 664. The van der Waals surface area contributed by atoms with Gasteiger partial charge in [-0.15, -0.1) is 0 Å². The minimum atomic E-state index is -0.0840. The largest absolute Gasteiger partial charge is 0.374 e. The van der Waals surface area contributed by atoms with Crippen LogP contribution in [0.4, 0.5) is 4.79 Å². The molecule has 8 nitrogen and oxygen atoms in total. The summed E-state index contributed by atoms with van der Waals surface area (Å²) < 4.78 is 10.3. The van der Waals surface area contributed by atoms with Crippen LogP contribution in [0.15, 0.2) is 12.3 Å². The Balaban J connectivity index is 1.25. The van der Waals surface area contributed by atoms with Gasteiger partial charge in [-0.2, -0.15) is 0 Å². The molecule has 1 atom stereocenters. The predicted molar refractivity (Wildman–Crippen MR) is 101 cm³/mol. The molecular weight excluding hydrogens is 366 g/mol. The molecule has 2 aliphatic heterocycles. The van der Waals surface area contributed by atoms with Crippen LogP contribution in [-0.4, -0.2) is 77.1 Å². The van der Waals surface area contributed by atoms with E-state index in [9.17, 15) is 9.59 Å². The van der Waals surface area contributed by atoms with Crippen LogP contribution in [-0.2, 0) is 16.1 Å². The van der Waals surface area contributed by atoms with Crippen LogP contribution in [0.2, 0.25) is 0 Å². The molecule has 2 N–H and O–H groups in total. The third-order valence-corrected chi connectivity index (χ3v) is 6.59. The number of carbonyl (C=O) groups is 2. The molecule has 1 aromatic rings. The van der Waals surface area contributed by atoms with Crippen molar-refractivity contribution in [3.8, 4) is 0 Å². The second kappa shape index (κ2) is 8.12. The van der Waals surface area contributed by atoms with Crippen molar-refractivity contribution in [2.75, 3.05) is 39.3 Å². The van der Waals surface area contributed by atoms with Crippen LogP contribution in [0.1, 0.15) is 30.6 Å². The zero-order chi connectivity index (χ0) is 18.7. The average Bonchev–Trinajstić information content (AvgIpc) is 3.26. The lowest BCUT2D eigenvalue weighted by Crippen LogP contribution is -2.62. The fourth-order valence-electron chi connectivity index (χ4n) is 4.10. The van der Waals surface area contributed by atoms with Gasteiger partial charge in [-0.1, -0.05) is 0 Å². The monoisotopic (exact) mass is 393 g/mol. The fourth-order valence-corrected chi connectivity index (χ4v) is 4.70. The van der Waals surface area contributed by atoms with E-state index >= 15 is 0 Å². The summed E-state index contributed by atoms with van der Waals surface area (Å²) in [6, 6.07) is 2.02.